The summed E-state index contributed by atoms with van der Waals surface area (Å²) in [5, 5.41) is 8.51. The number of esters is 1. The summed E-state index contributed by atoms with van der Waals surface area (Å²) in [6.45, 7) is 2.12. The van der Waals surface area contributed by atoms with Crippen molar-refractivity contribution in [2.24, 2.45) is 0 Å². The van der Waals surface area contributed by atoms with Crippen LogP contribution in [-0.2, 0) is 16.0 Å². The van der Waals surface area contributed by atoms with E-state index in [4.69, 9.17) is 9.47 Å². The molecule has 0 saturated heterocycles. The Morgan fingerprint density at radius 3 is 2.40 bits per heavy atom. The molecule has 0 amide bonds. The van der Waals surface area contributed by atoms with Crippen molar-refractivity contribution in [1.29, 1.82) is 0 Å². The lowest BCUT2D eigenvalue weighted by Crippen LogP contribution is -2.12. The lowest BCUT2D eigenvalue weighted by molar-refractivity contribution is -0.142. The molecule has 2 aromatic carbocycles. The smallest absolute Gasteiger partial charge is 0.313 e. The lowest BCUT2D eigenvalue weighted by atomic mass is 10.2. The van der Waals surface area contributed by atoms with Gasteiger partial charge in [0.1, 0.15) is 18.0 Å². The van der Waals surface area contributed by atoms with Gasteiger partial charge in [-0.3, -0.25) is 9.36 Å². The Morgan fingerprint density at radius 2 is 1.76 bits per heavy atom. The maximum Gasteiger partial charge on any atom is 0.313 e. The Balaban J connectivity index is 2.05. The van der Waals surface area contributed by atoms with Crippen LogP contribution in [0.2, 0.25) is 0 Å². The number of benzene rings is 2. The number of para-hydroxylation sites is 1. The van der Waals surface area contributed by atoms with E-state index in [1.165, 1.54) is 0 Å². The van der Waals surface area contributed by atoms with Crippen molar-refractivity contribution in [2.75, 3.05) is 13.7 Å². The number of aromatic nitrogens is 3. The highest BCUT2D eigenvalue weighted by Gasteiger charge is 2.18. The highest BCUT2D eigenvalue weighted by molar-refractivity contribution is 5.72. The monoisotopic (exact) mass is 337 g/mol. The van der Waals surface area contributed by atoms with Gasteiger partial charge in [0.05, 0.1) is 13.7 Å². The molecule has 0 atom stereocenters. The molecular weight excluding hydrogens is 318 g/mol. The number of ether oxygens (including phenoxy) is 2. The van der Waals surface area contributed by atoms with E-state index in [2.05, 4.69) is 10.2 Å². The third kappa shape index (κ3) is 3.68. The second-order valence-corrected chi connectivity index (χ2v) is 5.32. The molecule has 0 unspecified atom stereocenters. The number of nitrogens with zero attached hydrogens (tertiary/aromatic N) is 3. The average molecular weight is 337 g/mol. The predicted octanol–water partition coefficient (Wildman–Crippen LogP) is 3.05. The van der Waals surface area contributed by atoms with Crippen LogP contribution in [0.3, 0.4) is 0 Å². The van der Waals surface area contributed by atoms with Crippen molar-refractivity contribution in [3.63, 3.8) is 0 Å². The molecule has 1 heterocycles. The number of carbonyl (C=O) groups excluding carboxylic acids is 1. The third-order valence-electron chi connectivity index (χ3n) is 3.70. The molecule has 3 aromatic rings. The second kappa shape index (κ2) is 7.61. The van der Waals surface area contributed by atoms with Crippen LogP contribution in [0, 0.1) is 0 Å². The van der Waals surface area contributed by atoms with E-state index in [1.54, 1.807) is 14.0 Å². The second-order valence-electron chi connectivity index (χ2n) is 5.32. The van der Waals surface area contributed by atoms with Crippen LogP contribution in [0.5, 0.6) is 5.75 Å². The van der Waals surface area contributed by atoms with Crippen LogP contribution in [0.1, 0.15) is 12.7 Å². The normalized spacial score (nSPS) is 10.5. The highest BCUT2D eigenvalue weighted by atomic mass is 16.5. The summed E-state index contributed by atoms with van der Waals surface area (Å²) < 4.78 is 12.1. The van der Waals surface area contributed by atoms with Gasteiger partial charge in [0.25, 0.3) is 0 Å². The van der Waals surface area contributed by atoms with Crippen molar-refractivity contribution >= 4 is 5.97 Å². The summed E-state index contributed by atoms with van der Waals surface area (Å²) in [6.07, 6.45) is 0.0614. The lowest BCUT2D eigenvalue weighted by Gasteiger charge is -2.10. The van der Waals surface area contributed by atoms with Gasteiger partial charge in [-0.15, -0.1) is 10.2 Å². The fourth-order valence-electron chi connectivity index (χ4n) is 2.55. The summed E-state index contributed by atoms with van der Waals surface area (Å²) in [5.74, 6) is 1.64. The van der Waals surface area contributed by atoms with Gasteiger partial charge in [0.15, 0.2) is 5.82 Å². The van der Waals surface area contributed by atoms with Crippen LogP contribution in [0.25, 0.3) is 17.1 Å². The number of methoxy groups -OCH3 is 1. The molecule has 0 radical (unpaired) electrons. The Bertz CT molecular complexity index is 842. The average Bonchev–Trinajstić information content (AvgIpc) is 3.06. The Kier molecular flexibility index (Phi) is 5.09. The van der Waals surface area contributed by atoms with Gasteiger partial charge in [-0.05, 0) is 43.3 Å². The van der Waals surface area contributed by atoms with Gasteiger partial charge in [-0.25, -0.2) is 0 Å². The molecule has 6 heteroatoms. The largest absolute Gasteiger partial charge is 0.497 e. The van der Waals surface area contributed by atoms with E-state index in [-0.39, 0.29) is 12.4 Å². The summed E-state index contributed by atoms with van der Waals surface area (Å²) in [6, 6.07) is 17.3. The van der Waals surface area contributed by atoms with Crippen molar-refractivity contribution in [3.05, 3.63) is 60.4 Å². The van der Waals surface area contributed by atoms with Gasteiger partial charge < -0.3 is 9.47 Å². The first kappa shape index (κ1) is 16.7. The van der Waals surface area contributed by atoms with E-state index in [9.17, 15) is 4.79 Å². The minimum atomic E-state index is -0.326. The first-order chi connectivity index (χ1) is 12.2. The minimum Gasteiger partial charge on any atom is -0.497 e. The highest BCUT2D eigenvalue weighted by Crippen LogP contribution is 2.25. The molecule has 0 saturated carbocycles. The number of hydrogen-bond donors (Lipinski definition) is 0. The van der Waals surface area contributed by atoms with Crippen molar-refractivity contribution in [2.45, 2.75) is 13.3 Å². The van der Waals surface area contributed by atoms with Gasteiger partial charge in [0, 0.05) is 11.3 Å². The van der Waals surface area contributed by atoms with Gasteiger partial charge >= 0.3 is 5.97 Å². The van der Waals surface area contributed by atoms with E-state index < -0.39 is 0 Å². The molecule has 1 aromatic heterocycles. The zero-order valence-corrected chi connectivity index (χ0v) is 14.2. The van der Waals surface area contributed by atoms with Gasteiger partial charge in [-0.1, -0.05) is 18.2 Å². The molecule has 0 fully saturated rings. The molecule has 3 rings (SSSR count). The van der Waals surface area contributed by atoms with Crippen LogP contribution < -0.4 is 4.74 Å². The number of hydrogen-bond acceptors (Lipinski definition) is 5. The molecule has 0 spiro atoms. The minimum absolute atomic E-state index is 0.0614. The molecule has 0 aliphatic heterocycles. The van der Waals surface area contributed by atoms with Crippen LogP contribution in [0.15, 0.2) is 54.6 Å². The molecule has 0 N–H and O–H groups in total. The SMILES string of the molecule is CCOC(=O)Cc1nnc(-c2ccc(OC)cc2)n1-c1ccccc1. The predicted molar refractivity (Wildman–Crippen MR) is 93.7 cm³/mol. The summed E-state index contributed by atoms with van der Waals surface area (Å²) >= 11 is 0. The topological polar surface area (TPSA) is 66.2 Å². The molecule has 0 aliphatic carbocycles. The fraction of sp³-hybridized carbons (Fsp3) is 0.211. The number of rotatable bonds is 6. The fourth-order valence-corrected chi connectivity index (χ4v) is 2.55. The van der Waals surface area contributed by atoms with Crippen molar-refractivity contribution in [1.82, 2.24) is 14.8 Å². The maximum atomic E-state index is 11.9. The maximum absolute atomic E-state index is 11.9. The standard InChI is InChI=1S/C19H19N3O3/c1-3-25-18(23)13-17-20-21-19(14-9-11-16(24-2)12-10-14)22(17)15-7-5-4-6-8-15/h4-12H,3,13H2,1-2H3. The van der Waals surface area contributed by atoms with Crippen LogP contribution in [-0.4, -0.2) is 34.5 Å². The van der Waals surface area contributed by atoms with Crippen molar-refractivity contribution < 1.29 is 14.3 Å². The van der Waals surface area contributed by atoms with E-state index in [0.717, 1.165) is 17.0 Å². The summed E-state index contributed by atoms with van der Waals surface area (Å²) in [7, 11) is 1.62. The Labute approximate surface area is 146 Å². The zero-order chi connectivity index (χ0) is 17.6. The van der Waals surface area contributed by atoms with Gasteiger partial charge in [0.2, 0.25) is 0 Å². The number of carbonyl (C=O) groups is 1. The van der Waals surface area contributed by atoms with Gasteiger partial charge in [-0.2, -0.15) is 0 Å². The van der Waals surface area contributed by atoms with E-state index in [1.807, 2.05) is 59.2 Å². The first-order valence-electron chi connectivity index (χ1n) is 8.02. The molecular formula is C19H19N3O3. The molecule has 0 bridgehead atoms. The van der Waals surface area contributed by atoms with Crippen molar-refractivity contribution in [3.8, 4) is 22.8 Å². The zero-order valence-electron chi connectivity index (χ0n) is 14.2. The molecule has 6 nitrogen and oxygen atoms in total. The molecule has 25 heavy (non-hydrogen) atoms. The van der Waals surface area contributed by atoms with E-state index >= 15 is 0 Å². The first-order valence-corrected chi connectivity index (χ1v) is 8.02. The molecule has 0 aliphatic rings. The third-order valence-corrected chi connectivity index (χ3v) is 3.70. The quantitative estimate of drug-likeness (QED) is 0.647. The van der Waals surface area contributed by atoms with E-state index in [0.29, 0.717) is 18.3 Å². The Hall–Kier alpha value is -3.15. The Morgan fingerprint density at radius 1 is 1.04 bits per heavy atom. The summed E-state index contributed by atoms with van der Waals surface area (Å²) in [4.78, 5) is 11.9. The van der Waals surface area contributed by atoms with Crippen LogP contribution in [0.4, 0.5) is 0 Å². The molecule has 128 valence electrons. The van der Waals surface area contributed by atoms with Crippen LogP contribution >= 0.6 is 0 Å². The summed E-state index contributed by atoms with van der Waals surface area (Å²) in [5.41, 5.74) is 1.77.